The topological polar surface area (TPSA) is 79.3 Å². The molecule has 1 aliphatic rings. The third-order valence-electron chi connectivity index (χ3n) is 6.61. The first-order valence-corrected chi connectivity index (χ1v) is 11.1. The van der Waals surface area contributed by atoms with Crippen LogP contribution < -0.4 is 20.1 Å². The molecule has 2 aromatic carbocycles. The van der Waals surface area contributed by atoms with Crippen molar-refractivity contribution in [2.45, 2.75) is 6.92 Å². The summed E-state index contributed by atoms with van der Waals surface area (Å²) in [5.74, 6) is 0.675. The molecule has 0 atom stereocenters. The lowest BCUT2D eigenvalue weighted by Gasteiger charge is -2.38. The van der Waals surface area contributed by atoms with Gasteiger partial charge in [0, 0.05) is 74.6 Å². The van der Waals surface area contributed by atoms with Gasteiger partial charge in [-0.3, -0.25) is 9.48 Å². The Balaban J connectivity index is 1.78. The summed E-state index contributed by atoms with van der Waals surface area (Å²) in [6.07, 6.45) is 3.70. The minimum absolute atomic E-state index is 0.0293. The average molecular weight is 455 g/mol. The van der Waals surface area contributed by atoms with E-state index in [-0.39, 0.29) is 5.56 Å². The van der Waals surface area contributed by atoms with Crippen molar-refractivity contribution < 1.29 is 4.74 Å². The van der Waals surface area contributed by atoms with Crippen LogP contribution in [0.15, 0.2) is 47.5 Å². The summed E-state index contributed by atoms with van der Waals surface area (Å²) >= 11 is 0. The van der Waals surface area contributed by atoms with E-state index in [1.165, 1.54) is 0 Å². The van der Waals surface area contributed by atoms with E-state index < -0.39 is 0 Å². The Bertz CT molecular complexity index is 1540. The molecule has 0 radical (unpaired) electrons. The predicted molar refractivity (Wildman–Crippen MR) is 134 cm³/mol. The Labute approximate surface area is 197 Å². The highest BCUT2D eigenvalue weighted by Gasteiger charge is 2.26. The van der Waals surface area contributed by atoms with Crippen molar-refractivity contribution in [2.75, 3.05) is 37.0 Å². The molecule has 0 aliphatic carbocycles. The van der Waals surface area contributed by atoms with Crippen LogP contribution in [0, 0.1) is 18.3 Å². The predicted octanol–water partition coefficient (Wildman–Crippen LogP) is 3.72. The number of methoxy groups -OCH3 is 1. The molecule has 0 amide bonds. The zero-order valence-corrected chi connectivity index (χ0v) is 20.0. The maximum atomic E-state index is 12.6. The first kappa shape index (κ1) is 21.6. The fourth-order valence-corrected chi connectivity index (χ4v) is 4.75. The monoisotopic (exact) mass is 454 g/mol. The molecular formula is C26H26N6O2. The number of pyridine rings is 1. The van der Waals surface area contributed by atoms with Crippen molar-refractivity contribution >= 4 is 28.0 Å². The lowest BCUT2D eigenvalue weighted by molar-refractivity contribution is 0.415. The molecule has 0 saturated heterocycles. The summed E-state index contributed by atoms with van der Waals surface area (Å²) in [4.78, 5) is 17.1. The lowest BCUT2D eigenvalue weighted by Crippen LogP contribution is -2.37. The van der Waals surface area contributed by atoms with E-state index in [9.17, 15) is 10.1 Å². The van der Waals surface area contributed by atoms with E-state index in [1.54, 1.807) is 29.6 Å². The minimum Gasteiger partial charge on any atom is -0.497 e. The van der Waals surface area contributed by atoms with Crippen molar-refractivity contribution in [1.29, 1.82) is 5.26 Å². The fraction of sp³-hybridized carbons (Fsp3) is 0.269. The molecule has 8 heteroatoms. The van der Waals surface area contributed by atoms with Crippen LogP contribution in [0.25, 0.3) is 22.0 Å². The summed E-state index contributed by atoms with van der Waals surface area (Å²) in [6.45, 7) is 3.36. The molecule has 0 spiro atoms. The van der Waals surface area contributed by atoms with Crippen LogP contribution >= 0.6 is 0 Å². The van der Waals surface area contributed by atoms with Gasteiger partial charge in [0.25, 0.3) is 5.56 Å². The van der Waals surface area contributed by atoms with Crippen LogP contribution in [0.1, 0.15) is 11.1 Å². The van der Waals surface area contributed by atoms with Gasteiger partial charge in [-0.05, 0) is 25.1 Å². The van der Waals surface area contributed by atoms with Crippen LogP contribution in [-0.4, -0.2) is 41.6 Å². The molecule has 8 nitrogen and oxygen atoms in total. The number of nitrogens with zero attached hydrogens (tertiary/aromatic N) is 6. The molecule has 0 saturated carbocycles. The van der Waals surface area contributed by atoms with Crippen molar-refractivity contribution in [1.82, 2.24) is 14.3 Å². The number of hydrogen-bond donors (Lipinski definition) is 0. The van der Waals surface area contributed by atoms with Gasteiger partial charge in [0.1, 0.15) is 5.75 Å². The fourth-order valence-electron chi connectivity index (χ4n) is 4.75. The number of aryl methyl sites for hydroxylation is 3. The van der Waals surface area contributed by atoms with Gasteiger partial charge in [-0.25, -0.2) is 0 Å². The SMILES string of the molecule is COc1cc(N2CCN(C)c3cc(-c4cnn(C)c4)c(C#N)cc32)c2cc(C)c(=O)n(C)c2c1. The number of ether oxygens (including phenoxy) is 1. The second-order valence-electron chi connectivity index (χ2n) is 8.75. The van der Waals surface area contributed by atoms with Gasteiger partial charge in [-0.1, -0.05) is 0 Å². The van der Waals surface area contributed by atoms with E-state index in [0.717, 1.165) is 52.2 Å². The first-order chi connectivity index (χ1) is 16.3. The molecule has 34 heavy (non-hydrogen) atoms. The number of fused-ring (bicyclic) bond motifs is 2. The second kappa shape index (κ2) is 7.96. The first-order valence-electron chi connectivity index (χ1n) is 11.1. The van der Waals surface area contributed by atoms with Gasteiger partial charge in [-0.2, -0.15) is 10.4 Å². The summed E-state index contributed by atoms with van der Waals surface area (Å²) in [6, 6.07) is 12.2. The molecule has 4 aromatic rings. The number of benzene rings is 2. The maximum absolute atomic E-state index is 12.6. The van der Waals surface area contributed by atoms with E-state index in [2.05, 4.69) is 34.1 Å². The zero-order valence-electron chi connectivity index (χ0n) is 20.0. The quantitative estimate of drug-likeness (QED) is 0.470. The Morgan fingerprint density at radius 1 is 1.03 bits per heavy atom. The molecule has 2 aromatic heterocycles. The summed E-state index contributed by atoms with van der Waals surface area (Å²) in [5, 5.41) is 15.2. The normalized spacial score (nSPS) is 13.2. The summed E-state index contributed by atoms with van der Waals surface area (Å²) in [7, 11) is 7.34. The number of rotatable bonds is 3. The molecule has 0 unspecified atom stereocenters. The Morgan fingerprint density at radius 2 is 1.82 bits per heavy atom. The maximum Gasteiger partial charge on any atom is 0.253 e. The Hall–Kier alpha value is -4.25. The summed E-state index contributed by atoms with van der Waals surface area (Å²) in [5.41, 5.74) is 6.72. The highest BCUT2D eigenvalue weighted by atomic mass is 16.5. The van der Waals surface area contributed by atoms with Gasteiger partial charge >= 0.3 is 0 Å². The van der Waals surface area contributed by atoms with Crippen molar-refractivity contribution in [2.24, 2.45) is 14.1 Å². The molecule has 5 rings (SSSR count). The van der Waals surface area contributed by atoms with Gasteiger partial charge in [0.2, 0.25) is 0 Å². The number of anilines is 3. The third kappa shape index (κ3) is 3.28. The number of aromatic nitrogens is 3. The molecular weight excluding hydrogens is 428 g/mol. The largest absolute Gasteiger partial charge is 0.497 e. The molecule has 172 valence electrons. The van der Waals surface area contributed by atoms with Crippen molar-refractivity contribution in [3.63, 3.8) is 0 Å². The van der Waals surface area contributed by atoms with Gasteiger partial charge in [-0.15, -0.1) is 0 Å². The molecule has 0 N–H and O–H groups in total. The van der Waals surface area contributed by atoms with Crippen molar-refractivity contribution in [3.05, 3.63) is 64.2 Å². The molecule has 3 heterocycles. The third-order valence-corrected chi connectivity index (χ3v) is 6.61. The van der Waals surface area contributed by atoms with Crippen LogP contribution in [0.5, 0.6) is 5.75 Å². The van der Waals surface area contributed by atoms with Crippen molar-refractivity contribution in [3.8, 4) is 22.9 Å². The highest BCUT2D eigenvalue weighted by Crippen LogP contribution is 2.44. The van der Waals surface area contributed by atoms with Crippen LogP contribution in [0.4, 0.5) is 17.1 Å². The van der Waals surface area contributed by atoms with Gasteiger partial charge in [0.15, 0.2) is 0 Å². The minimum atomic E-state index is -0.0293. The van der Waals surface area contributed by atoms with E-state index in [4.69, 9.17) is 4.74 Å². The standard InChI is InChI=1S/C26H26N6O2/c1-16-8-21-22(31(4)26(16)33)10-19(34-5)11-23(21)32-7-6-29(2)24-12-20(17(13-27)9-25(24)32)18-14-28-30(3)15-18/h8-12,14-15H,6-7H2,1-5H3. The average Bonchev–Trinajstić information content (AvgIpc) is 3.28. The molecule has 0 bridgehead atoms. The Morgan fingerprint density at radius 3 is 2.50 bits per heavy atom. The van der Waals surface area contributed by atoms with E-state index in [0.29, 0.717) is 16.9 Å². The number of hydrogen-bond acceptors (Lipinski definition) is 6. The zero-order chi connectivity index (χ0) is 24.1. The molecule has 0 fully saturated rings. The van der Waals surface area contributed by atoms with Gasteiger partial charge in [0.05, 0.1) is 47.5 Å². The van der Waals surface area contributed by atoms with E-state index >= 15 is 0 Å². The van der Waals surface area contributed by atoms with Crippen LogP contribution in [0.2, 0.25) is 0 Å². The van der Waals surface area contributed by atoms with Gasteiger partial charge < -0.3 is 19.1 Å². The number of likely N-dealkylation sites (N-methyl/N-ethyl adjacent to an activating group) is 1. The van der Waals surface area contributed by atoms with E-state index in [1.807, 2.05) is 44.4 Å². The smallest absolute Gasteiger partial charge is 0.253 e. The highest BCUT2D eigenvalue weighted by molar-refractivity contribution is 5.98. The second-order valence-corrected chi connectivity index (χ2v) is 8.75. The summed E-state index contributed by atoms with van der Waals surface area (Å²) < 4.78 is 9.00. The molecule has 1 aliphatic heterocycles. The van der Waals surface area contributed by atoms with Crippen LogP contribution in [-0.2, 0) is 14.1 Å². The lowest BCUT2D eigenvalue weighted by atomic mass is 9.98. The van der Waals surface area contributed by atoms with Crippen LogP contribution in [0.3, 0.4) is 0 Å². The number of nitriles is 1. The Kier molecular flexibility index (Phi) is 5.05.